The molecular formula is C17H24ClN5. The van der Waals surface area contributed by atoms with E-state index in [1.807, 2.05) is 49.2 Å². The molecule has 0 amide bonds. The Morgan fingerprint density at radius 2 is 2.17 bits per heavy atom. The van der Waals surface area contributed by atoms with Crippen LogP contribution in [0.3, 0.4) is 0 Å². The lowest BCUT2D eigenvalue weighted by Crippen LogP contribution is -2.39. The number of nitrogens with zero attached hydrogens (tertiary/aromatic N) is 4. The number of benzene rings is 1. The van der Waals surface area contributed by atoms with Gasteiger partial charge in [0.2, 0.25) is 0 Å². The molecule has 5 nitrogen and oxygen atoms in total. The summed E-state index contributed by atoms with van der Waals surface area (Å²) in [6, 6.07) is 7.89. The Morgan fingerprint density at radius 1 is 1.39 bits per heavy atom. The molecule has 0 aliphatic heterocycles. The Hall–Kier alpha value is -2.01. The van der Waals surface area contributed by atoms with Crippen molar-refractivity contribution in [2.45, 2.75) is 19.4 Å². The molecule has 0 spiro atoms. The highest BCUT2D eigenvalue weighted by Gasteiger charge is 2.08. The quantitative estimate of drug-likeness (QED) is 0.502. The van der Waals surface area contributed by atoms with E-state index in [9.17, 15) is 0 Å². The van der Waals surface area contributed by atoms with Crippen LogP contribution >= 0.6 is 11.6 Å². The van der Waals surface area contributed by atoms with Crippen molar-refractivity contribution in [2.24, 2.45) is 12.0 Å². The second-order valence-corrected chi connectivity index (χ2v) is 5.95. The monoisotopic (exact) mass is 333 g/mol. The molecule has 0 fully saturated rings. The minimum Gasteiger partial charge on any atom is -0.356 e. The van der Waals surface area contributed by atoms with E-state index in [2.05, 4.69) is 26.5 Å². The van der Waals surface area contributed by atoms with Gasteiger partial charge in [0.25, 0.3) is 0 Å². The van der Waals surface area contributed by atoms with Gasteiger partial charge in [-0.25, -0.2) is 0 Å². The molecule has 0 unspecified atom stereocenters. The van der Waals surface area contributed by atoms with Gasteiger partial charge in [-0.3, -0.25) is 9.67 Å². The summed E-state index contributed by atoms with van der Waals surface area (Å²) in [7, 11) is 5.75. The highest BCUT2D eigenvalue weighted by atomic mass is 35.5. The molecule has 0 saturated carbocycles. The molecule has 0 aliphatic rings. The Labute approximate surface area is 143 Å². The van der Waals surface area contributed by atoms with Crippen molar-refractivity contribution < 1.29 is 0 Å². The first-order chi connectivity index (χ1) is 11.1. The molecule has 1 aromatic heterocycles. The Bertz CT molecular complexity index is 650. The van der Waals surface area contributed by atoms with Crippen LogP contribution < -0.4 is 5.32 Å². The normalized spacial score (nSPS) is 11.6. The van der Waals surface area contributed by atoms with E-state index in [0.29, 0.717) is 0 Å². The fourth-order valence-corrected chi connectivity index (χ4v) is 2.63. The van der Waals surface area contributed by atoms with E-state index in [-0.39, 0.29) is 0 Å². The Kier molecular flexibility index (Phi) is 6.47. The smallest absolute Gasteiger partial charge is 0.193 e. The fourth-order valence-electron chi connectivity index (χ4n) is 2.44. The molecule has 23 heavy (non-hydrogen) atoms. The zero-order valence-corrected chi connectivity index (χ0v) is 14.7. The van der Waals surface area contributed by atoms with Gasteiger partial charge >= 0.3 is 0 Å². The van der Waals surface area contributed by atoms with Crippen LogP contribution in [-0.2, 0) is 20.0 Å². The van der Waals surface area contributed by atoms with Crippen molar-refractivity contribution in [3.63, 3.8) is 0 Å². The van der Waals surface area contributed by atoms with Crippen LogP contribution in [0.2, 0.25) is 5.02 Å². The molecule has 124 valence electrons. The number of hydrogen-bond donors (Lipinski definition) is 1. The number of hydrogen-bond acceptors (Lipinski definition) is 2. The first-order valence-electron chi connectivity index (χ1n) is 7.73. The van der Waals surface area contributed by atoms with Crippen LogP contribution in [0.1, 0.15) is 17.5 Å². The second kappa shape index (κ2) is 8.58. The lowest BCUT2D eigenvalue weighted by atomic mass is 10.2. The van der Waals surface area contributed by atoms with Crippen LogP contribution in [0.25, 0.3) is 0 Å². The summed E-state index contributed by atoms with van der Waals surface area (Å²) in [6.07, 6.45) is 6.01. The van der Waals surface area contributed by atoms with Gasteiger partial charge in [0.1, 0.15) is 0 Å². The zero-order valence-electron chi connectivity index (χ0n) is 14.0. The number of rotatable bonds is 6. The van der Waals surface area contributed by atoms with Gasteiger partial charge in [0.05, 0.1) is 6.20 Å². The summed E-state index contributed by atoms with van der Waals surface area (Å²) >= 11 is 6.22. The van der Waals surface area contributed by atoms with Crippen LogP contribution in [0.5, 0.6) is 0 Å². The minimum atomic E-state index is 0.724. The maximum Gasteiger partial charge on any atom is 0.193 e. The minimum absolute atomic E-state index is 0.724. The first kappa shape index (κ1) is 17.3. The number of guanidine groups is 1. The number of aromatic nitrogens is 2. The Morgan fingerprint density at radius 3 is 2.83 bits per heavy atom. The van der Waals surface area contributed by atoms with Gasteiger partial charge in [0.15, 0.2) is 5.96 Å². The van der Waals surface area contributed by atoms with E-state index >= 15 is 0 Å². The van der Waals surface area contributed by atoms with Gasteiger partial charge in [-0.1, -0.05) is 29.8 Å². The lowest BCUT2D eigenvalue weighted by molar-refractivity contribution is 0.476. The molecule has 0 aliphatic carbocycles. The van der Waals surface area contributed by atoms with E-state index in [0.717, 1.165) is 42.5 Å². The third-order valence-corrected chi connectivity index (χ3v) is 3.99. The molecule has 0 atom stereocenters. The van der Waals surface area contributed by atoms with Crippen molar-refractivity contribution in [1.29, 1.82) is 0 Å². The van der Waals surface area contributed by atoms with E-state index < -0.39 is 0 Å². The first-order valence-corrected chi connectivity index (χ1v) is 8.10. The van der Waals surface area contributed by atoms with Gasteiger partial charge < -0.3 is 10.2 Å². The number of aliphatic imine (C=N–C) groups is 1. The molecule has 2 rings (SSSR count). The molecule has 1 heterocycles. The van der Waals surface area contributed by atoms with E-state index in [4.69, 9.17) is 11.6 Å². The highest BCUT2D eigenvalue weighted by molar-refractivity contribution is 6.31. The number of nitrogens with one attached hydrogen (secondary N) is 1. The summed E-state index contributed by atoms with van der Waals surface area (Å²) < 4.78 is 1.83. The van der Waals surface area contributed by atoms with Crippen LogP contribution in [0, 0.1) is 0 Å². The molecular weight excluding hydrogens is 310 g/mol. The van der Waals surface area contributed by atoms with Crippen molar-refractivity contribution in [3.05, 3.63) is 52.8 Å². The molecule has 0 radical (unpaired) electrons. The fraction of sp³-hybridized carbons (Fsp3) is 0.412. The largest absolute Gasteiger partial charge is 0.356 e. The zero-order chi connectivity index (χ0) is 16.7. The summed E-state index contributed by atoms with van der Waals surface area (Å²) in [6.45, 7) is 1.59. The van der Waals surface area contributed by atoms with Gasteiger partial charge in [-0.2, -0.15) is 5.10 Å². The van der Waals surface area contributed by atoms with Gasteiger partial charge in [0, 0.05) is 45.5 Å². The van der Waals surface area contributed by atoms with Crippen molar-refractivity contribution >= 4 is 17.6 Å². The molecule has 1 aromatic carbocycles. The third-order valence-electron chi connectivity index (χ3n) is 3.62. The standard InChI is InChI=1S/C17H24ClN5/c1-19-17(20-10-6-7-14-11-21-23(3)12-14)22(2)13-15-8-4-5-9-16(15)18/h4-5,8-9,11-12H,6-7,10,13H2,1-3H3,(H,19,20). The average Bonchev–Trinajstić information content (AvgIpc) is 2.95. The summed E-state index contributed by atoms with van der Waals surface area (Å²) in [5.74, 6) is 0.871. The van der Waals surface area contributed by atoms with Gasteiger partial charge in [-0.05, 0) is 30.0 Å². The van der Waals surface area contributed by atoms with Crippen LogP contribution in [0.4, 0.5) is 0 Å². The SMILES string of the molecule is CN=C(NCCCc1cnn(C)c1)N(C)Cc1ccccc1Cl. The molecule has 2 aromatic rings. The topological polar surface area (TPSA) is 45.5 Å². The molecule has 6 heteroatoms. The van der Waals surface area contributed by atoms with Gasteiger partial charge in [-0.15, -0.1) is 0 Å². The number of aryl methyl sites for hydroxylation is 2. The van der Waals surface area contributed by atoms with E-state index in [1.54, 1.807) is 7.05 Å². The lowest BCUT2D eigenvalue weighted by Gasteiger charge is -2.22. The van der Waals surface area contributed by atoms with Crippen molar-refractivity contribution in [2.75, 3.05) is 20.6 Å². The summed E-state index contributed by atoms with van der Waals surface area (Å²) in [5, 5.41) is 8.36. The maximum absolute atomic E-state index is 6.22. The van der Waals surface area contributed by atoms with Crippen LogP contribution in [-0.4, -0.2) is 41.3 Å². The predicted octanol–water partition coefficient (Wildman–Crippen LogP) is 2.71. The second-order valence-electron chi connectivity index (χ2n) is 5.55. The van der Waals surface area contributed by atoms with Crippen molar-refractivity contribution in [1.82, 2.24) is 20.0 Å². The molecule has 1 N–H and O–H groups in total. The maximum atomic E-state index is 6.22. The van der Waals surface area contributed by atoms with Crippen molar-refractivity contribution in [3.8, 4) is 0 Å². The number of halogens is 1. The van der Waals surface area contributed by atoms with Crippen LogP contribution in [0.15, 0.2) is 41.7 Å². The Balaban J connectivity index is 1.79. The third kappa shape index (κ3) is 5.28. The summed E-state index contributed by atoms with van der Waals surface area (Å²) in [5.41, 5.74) is 2.35. The summed E-state index contributed by atoms with van der Waals surface area (Å²) in [4.78, 5) is 6.41. The predicted molar refractivity (Wildman–Crippen MR) is 95.8 cm³/mol. The highest BCUT2D eigenvalue weighted by Crippen LogP contribution is 2.16. The molecule has 0 bridgehead atoms. The average molecular weight is 334 g/mol. The van der Waals surface area contributed by atoms with E-state index in [1.165, 1.54) is 5.56 Å². The molecule has 0 saturated heterocycles.